The molecule has 0 fully saturated rings. The van der Waals surface area contributed by atoms with E-state index < -0.39 is 5.60 Å². The standard InChI is InChI=1S/C9H15N3O3/c1-9(2,14)5-15-8-7(10-6-13)4-12(3)11-8/h4,6,14H,5H2,1-3H3,(H,10,13). The van der Waals surface area contributed by atoms with Crippen molar-refractivity contribution in [1.29, 1.82) is 0 Å². The SMILES string of the molecule is Cn1cc(NC=O)c(OCC(C)(C)O)n1. The van der Waals surface area contributed by atoms with Crippen molar-refractivity contribution in [3.8, 4) is 5.88 Å². The lowest BCUT2D eigenvalue weighted by Gasteiger charge is -2.16. The molecule has 6 heteroatoms. The molecule has 1 amide bonds. The second kappa shape index (κ2) is 4.31. The summed E-state index contributed by atoms with van der Waals surface area (Å²) < 4.78 is 6.79. The van der Waals surface area contributed by atoms with Crippen LogP contribution in [0.1, 0.15) is 13.8 Å². The third-order valence-corrected chi connectivity index (χ3v) is 1.57. The summed E-state index contributed by atoms with van der Waals surface area (Å²) in [5.74, 6) is 0.298. The van der Waals surface area contributed by atoms with Gasteiger partial charge in [0.15, 0.2) is 0 Å². The summed E-state index contributed by atoms with van der Waals surface area (Å²) in [6.45, 7) is 3.36. The first-order valence-corrected chi connectivity index (χ1v) is 4.51. The minimum atomic E-state index is -0.935. The van der Waals surface area contributed by atoms with Gasteiger partial charge < -0.3 is 15.2 Å². The molecule has 1 rings (SSSR count). The first-order valence-electron chi connectivity index (χ1n) is 4.51. The number of hydrogen-bond donors (Lipinski definition) is 2. The van der Waals surface area contributed by atoms with Crippen LogP contribution in [0.4, 0.5) is 5.69 Å². The van der Waals surface area contributed by atoms with Gasteiger partial charge in [0, 0.05) is 7.05 Å². The molecular weight excluding hydrogens is 198 g/mol. The van der Waals surface area contributed by atoms with Crippen LogP contribution in [0.15, 0.2) is 6.20 Å². The first kappa shape index (κ1) is 11.5. The molecule has 0 aliphatic carbocycles. The lowest BCUT2D eigenvalue weighted by Crippen LogP contribution is -2.28. The van der Waals surface area contributed by atoms with Crippen LogP contribution < -0.4 is 10.1 Å². The highest BCUT2D eigenvalue weighted by molar-refractivity contribution is 5.73. The van der Waals surface area contributed by atoms with Crippen LogP contribution in [0.3, 0.4) is 0 Å². The molecule has 0 aliphatic rings. The highest BCUT2D eigenvalue weighted by atomic mass is 16.5. The highest BCUT2D eigenvalue weighted by Crippen LogP contribution is 2.21. The van der Waals surface area contributed by atoms with Crippen molar-refractivity contribution in [3.63, 3.8) is 0 Å². The van der Waals surface area contributed by atoms with Crippen molar-refractivity contribution in [3.05, 3.63) is 6.20 Å². The van der Waals surface area contributed by atoms with E-state index in [1.165, 1.54) is 4.68 Å². The Bertz CT molecular complexity index is 341. The third kappa shape index (κ3) is 3.59. The Kier molecular flexibility index (Phi) is 3.31. The number of nitrogens with zero attached hydrogens (tertiary/aromatic N) is 2. The molecule has 0 bridgehead atoms. The maximum atomic E-state index is 10.3. The van der Waals surface area contributed by atoms with Gasteiger partial charge in [-0.05, 0) is 13.8 Å². The van der Waals surface area contributed by atoms with Gasteiger partial charge in [-0.2, -0.15) is 0 Å². The van der Waals surface area contributed by atoms with Crippen LogP contribution >= 0.6 is 0 Å². The molecule has 1 heterocycles. The van der Waals surface area contributed by atoms with E-state index in [-0.39, 0.29) is 6.61 Å². The number of aryl methyl sites for hydroxylation is 1. The van der Waals surface area contributed by atoms with Gasteiger partial charge >= 0.3 is 0 Å². The van der Waals surface area contributed by atoms with Crippen molar-refractivity contribution in [1.82, 2.24) is 9.78 Å². The molecule has 0 aromatic carbocycles. The van der Waals surface area contributed by atoms with Crippen molar-refractivity contribution in [2.45, 2.75) is 19.4 Å². The quantitative estimate of drug-likeness (QED) is 0.682. The predicted octanol–water partition coefficient (Wildman–Crippen LogP) is 0.138. The molecule has 1 aromatic rings. The van der Waals surface area contributed by atoms with Crippen molar-refractivity contribution in [2.24, 2.45) is 7.05 Å². The van der Waals surface area contributed by atoms with Crippen LogP contribution in [0.5, 0.6) is 5.88 Å². The van der Waals surface area contributed by atoms with Gasteiger partial charge in [-0.15, -0.1) is 5.10 Å². The summed E-state index contributed by atoms with van der Waals surface area (Å²) in [6, 6.07) is 0. The van der Waals surface area contributed by atoms with Gasteiger partial charge in [0.1, 0.15) is 12.3 Å². The number of anilines is 1. The molecule has 2 N–H and O–H groups in total. The van der Waals surface area contributed by atoms with Crippen molar-refractivity contribution >= 4 is 12.1 Å². The summed E-state index contributed by atoms with van der Waals surface area (Å²) in [5, 5.41) is 15.9. The Balaban J connectivity index is 2.71. The average Bonchev–Trinajstić information content (AvgIpc) is 2.42. The molecule has 15 heavy (non-hydrogen) atoms. The fourth-order valence-corrected chi connectivity index (χ4v) is 0.982. The molecule has 0 atom stereocenters. The van der Waals surface area contributed by atoms with E-state index in [1.807, 2.05) is 0 Å². The van der Waals surface area contributed by atoms with Crippen LogP contribution in [-0.2, 0) is 11.8 Å². The van der Waals surface area contributed by atoms with E-state index in [0.717, 1.165) is 0 Å². The van der Waals surface area contributed by atoms with E-state index in [9.17, 15) is 9.90 Å². The van der Waals surface area contributed by atoms with Crippen LogP contribution in [-0.4, -0.2) is 33.5 Å². The molecule has 6 nitrogen and oxygen atoms in total. The summed E-state index contributed by atoms with van der Waals surface area (Å²) in [4.78, 5) is 10.3. The lowest BCUT2D eigenvalue weighted by atomic mass is 10.2. The fourth-order valence-electron chi connectivity index (χ4n) is 0.982. The summed E-state index contributed by atoms with van der Waals surface area (Å²) >= 11 is 0. The van der Waals surface area contributed by atoms with Gasteiger partial charge in [0.05, 0.1) is 11.8 Å². The summed E-state index contributed by atoms with van der Waals surface area (Å²) in [6.07, 6.45) is 2.17. The van der Waals surface area contributed by atoms with Gasteiger partial charge in [-0.3, -0.25) is 9.48 Å². The van der Waals surface area contributed by atoms with E-state index >= 15 is 0 Å². The monoisotopic (exact) mass is 213 g/mol. The number of ether oxygens (including phenoxy) is 1. The number of carbonyl (C=O) groups excluding carboxylic acids is 1. The molecule has 0 aliphatic heterocycles. The largest absolute Gasteiger partial charge is 0.472 e. The van der Waals surface area contributed by atoms with Crippen molar-refractivity contribution in [2.75, 3.05) is 11.9 Å². The normalized spacial score (nSPS) is 11.2. The van der Waals surface area contributed by atoms with Gasteiger partial charge in [-0.25, -0.2) is 0 Å². The zero-order valence-electron chi connectivity index (χ0n) is 9.02. The Morgan fingerprint density at radius 1 is 1.73 bits per heavy atom. The minimum absolute atomic E-state index is 0.109. The molecule has 0 radical (unpaired) electrons. The first-order chi connectivity index (χ1) is 6.92. The maximum Gasteiger partial charge on any atom is 0.257 e. The van der Waals surface area contributed by atoms with Crippen molar-refractivity contribution < 1.29 is 14.6 Å². The zero-order valence-corrected chi connectivity index (χ0v) is 9.02. The fraction of sp³-hybridized carbons (Fsp3) is 0.556. The number of hydrogen-bond acceptors (Lipinski definition) is 4. The highest BCUT2D eigenvalue weighted by Gasteiger charge is 2.16. The molecule has 1 aromatic heterocycles. The molecule has 0 unspecified atom stereocenters. The molecule has 84 valence electrons. The lowest BCUT2D eigenvalue weighted by molar-refractivity contribution is -0.105. The second-order valence-corrected chi connectivity index (χ2v) is 3.88. The molecule has 0 spiro atoms. The Hall–Kier alpha value is -1.56. The van der Waals surface area contributed by atoms with E-state index in [2.05, 4.69) is 10.4 Å². The molecule has 0 saturated heterocycles. The number of rotatable bonds is 5. The van der Waals surface area contributed by atoms with Gasteiger partial charge in [-0.1, -0.05) is 0 Å². The van der Waals surface area contributed by atoms with E-state index in [1.54, 1.807) is 27.1 Å². The van der Waals surface area contributed by atoms with Gasteiger partial charge in [0.2, 0.25) is 6.41 Å². The zero-order chi connectivity index (χ0) is 11.5. The number of carbonyl (C=O) groups is 1. The average molecular weight is 213 g/mol. The predicted molar refractivity (Wildman–Crippen MR) is 54.7 cm³/mol. The smallest absolute Gasteiger partial charge is 0.257 e. The second-order valence-electron chi connectivity index (χ2n) is 3.88. The topological polar surface area (TPSA) is 76.4 Å². The minimum Gasteiger partial charge on any atom is -0.472 e. The number of nitrogens with one attached hydrogen (secondary N) is 1. The third-order valence-electron chi connectivity index (χ3n) is 1.57. The number of aliphatic hydroxyl groups is 1. The van der Waals surface area contributed by atoms with Crippen LogP contribution in [0.2, 0.25) is 0 Å². The maximum absolute atomic E-state index is 10.3. The van der Waals surface area contributed by atoms with E-state index in [4.69, 9.17) is 4.74 Å². The van der Waals surface area contributed by atoms with Crippen LogP contribution in [0, 0.1) is 0 Å². The number of aromatic nitrogens is 2. The van der Waals surface area contributed by atoms with E-state index in [0.29, 0.717) is 18.0 Å². The number of amides is 1. The Morgan fingerprint density at radius 3 is 2.93 bits per heavy atom. The Labute approximate surface area is 87.8 Å². The molecule has 0 saturated carbocycles. The summed E-state index contributed by atoms with van der Waals surface area (Å²) in [7, 11) is 1.72. The van der Waals surface area contributed by atoms with Crippen LogP contribution in [0.25, 0.3) is 0 Å². The summed E-state index contributed by atoms with van der Waals surface area (Å²) in [5.41, 5.74) is -0.451. The van der Waals surface area contributed by atoms with Gasteiger partial charge in [0.25, 0.3) is 5.88 Å². The Morgan fingerprint density at radius 2 is 2.40 bits per heavy atom. The molecular formula is C9H15N3O3.